The van der Waals surface area contributed by atoms with Gasteiger partial charge in [-0.15, -0.1) is 0 Å². The molecule has 0 radical (unpaired) electrons. The van der Waals surface area contributed by atoms with Gasteiger partial charge in [0.15, 0.2) is 0 Å². The van der Waals surface area contributed by atoms with Crippen LogP contribution >= 0.6 is 11.6 Å². The highest BCUT2D eigenvalue weighted by molar-refractivity contribution is 6.30. The maximum atomic E-state index is 11.7. The molecule has 0 aliphatic rings. The highest BCUT2D eigenvalue weighted by Crippen LogP contribution is 2.17. The van der Waals surface area contributed by atoms with E-state index in [9.17, 15) is 4.79 Å². The number of esters is 1. The van der Waals surface area contributed by atoms with Crippen molar-refractivity contribution in [3.63, 3.8) is 0 Å². The molecule has 1 aromatic carbocycles. The van der Waals surface area contributed by atoms with Crippen LogP contribution in [-0.2, 0) is 9.53 Å². The van der Waals surface area contributed by atoms with Crippen molar-refractivity contribution < 1.29 is 9.53 Å². The van der Waals surface area contributed by atoms with E-state index in [1.54, 1.807) is 19.1 Å². The molecule has 0 heterocycles. The normalized spacial score (nSPS) is 11.9. The molecule has 0 bridgehead atoms. The number of anilines is 1. The van der Waals surface area contributed by atoms with Crippen molar-refractivity contribution in [3.8, 4) is 0 Å². The largest absolute Gasteiger partial charge is 0.464 e. The Labute approximate surface area is 107 Å². The summed E-state index contributed by atoms with van der Waals surface area (Å²) in [4.78, 5) is 11.7. The van der Waals surface area contributed by atoms with Crippen molar-refractivity contribution in [3.05, 3.63) is 29.3 Å². The molecular weight excluding hydrogens is 238 g/mol. The summed E-state index contributed by atoms with van der Waals surface area (Å²) in [6.45, 7) is 4.24. The molecule has 0 aliphatic carbocycles. The van der Waals surface area contributed by atoms with Crippen LogP contribution in [0.1, 0.15) is 26.7 Å². The van der Waals surface area contributed by atoms with Gasteiger partial charge in [0.1, 0.15) is 6.04 Å². The maximum absolute atomic E-state index is 11.7. The van der Waals surface area contributed by atoms with Crippen LogP contribution in [0.3, 0.4) is 0 Å². The van der Waals surface area contributed by atoms with Crippen LogP contribution in [0.2, 0.25) is 5.02 Å². The number of halogens is 1. The molecule has 0 aromatic heterocycles. The van der Waals surface area contributed by atoms with Crippen molar-refractivity contribution in [2.75, 3.05) is 11.9 Å². The first kappa shape index (κ1) is 13.8. The van der Waals surface area contributed by atoms with Gasteiger partial charge in [0.25, 0.3) is 0 Å². The van der Waals surface area contributed by atoms with Gasteiger partial charge in [0.05, 0.1) is 6.61 Å². The van der Waals surface area contributed by atoms with Crippen molar-refractivity contribution >= 4 is 23.3 Å². The van der Waals surface area contributed by atoms with E-state index in [0.29, 0.717) is 11.6 Å². The molecule has 0 saturated carbocycles. The zero-order chi connectivity index (χ0) is 12.7. The third kappa shape index (κ3) is 4.65. The van der Waals surface area contributed by atoms with Crippen molar-refractivity contribution in [1.29, 1.82) is 0 Å². The molecule has 0 fully saturated rings. The fourth-order valence-electron chi connectivity index (χ4n) is 1.56. The second-order valence-electron chi connectivity index (χ2n) is 3.75. The number of rotatable bonds is 6. The minimum absolute atomic E-state index is 0.214. The summed E-state index contributed by atoms with van der Waals surface area (Å²) in [5, 5.41) is 3.79. The monoisotopic (exact) mass is 255 g/mol. The zero-order valence-corrected chi connectivity index (χ0v) is 11.0. The van der Waals surface area contributed by atoms with Crippen LogP contribution in [0.15, 0.2) is 24.3 Å². The van der Waals surface area contributed by atoms with E-state index >= 15 is 0 Å². The first-order chi connectivity index (χ1) is 8.17. The number of hydrogen-bond donors (Lipinski definition) is 1. The molecule has 3 nitrogen and oxygen atoms in total. The van der Waals surface area contributed by atoms with Gasteiger partial charge in [0, 0.05) is 10.7 Å². The van der Waals surface area contributed by atoms with Gasteiger partial charge in [-0.05, 0) is 31.5 Å². The van der Waals surface area contributed by atoms with Gasteiger partial charge in [-0.3, -0.25) is 0 Å². The standard InChI is InChI=1S/C13H18ClNO2/c1-3-6-12(13(16)17-4-2)15-11-8-5-7-10(14)9-11/h5,7-9,12,15H,3-4,6H2,1-2H3. The minimum Gasteiger partial charge on any atom is -0.464 e. The van der Waals surface area contributed by atoms with E-state index in [-0.39, 0.29) is 12.0 Å². The Morgan fingerprint density at radius 1 is 1.47 bits per heavy atom. The van der Waals surface area contributed by atoms with Crippen molar-refractivity contribution in [1.82, 2.24) is 0 Å². The van der Waals surface area contributed by atoms with Crippen molar-refractivity contribution in [2.24, 2.45) is 0 Å². The Morgan fingerprint density at radius 3 is 2.82 bits per heavy atom. The number of nitrogens with one attached hydrogen (secondary N) is 1. The Balaban J connectivity index is 2.69. The molecular formula is C13H18ClNO2. The average Bonchev–Trinajstić information content (AvgIpc) is 2.29. The van der Waals surface area contributed by atoms with E-state index in [4.69, 9.17) is 16.3 Å². The number of carbonyl (C=O) groups is 1. The molecule has 1 aromatic rings. The SMILES string of the molecule is CCCC(Nc1cccc(Cl)c1)C(=O)OCC. The molecule has 1 rings (SSSR count). The summed E-state index contributed by atoms with van der Waals surface area (Å²) in [6.07, 6.45) is 1.66. The van der Waals surface area contributed by atoms with Crippen LogP contribution < -0.4 is 5.32 Å². The van der Waals surface area contributed by atoms with E-state index in [2.05, 4.69) is 5.32 Å². The number of ether oxygens (including phenoxy) is 1. The predicted molar refractivity (Wildman–Crippen MR) is 70.4 cm³/mol. The Morgan fingerprint density at radius 2 is 2.24 bits per heavy atom. The highest BCUT2D eigenvalue weighted by Gasteiger charge is 2.18. The first-order valence-electron chi connectivity index (χ1n) is 5.86. The van der Waals surface area contributed by atoms with Crippen LogP contribution in [0.5, 0.6) is 0 Å². The summed E-state index contributed by atoms with van der Waals surface area (Å²) in [6, 6.07) is 7.01. The van der Waals surface area contributed by atoms with Crippen LogP contribution in [0.4, 0.5) is 5.69 Å². The maximum Gasteiger partial charge on any atom is 0.328 e. The molecule has 1 N–H and O–H groups in total. The predicted octanol–water partition coefficient (Wildman–Crippen LogP) is 3.48. The smallest absolute Gasteiger partial charge is 0.328 e. The Hall–Kier alpha value is -1.22. The van der Waals surface area contributed by atoms with Gasteiger partial charge in [0.2, 0.25) is 0 Å². The quantitative estimate of drug-likeness (QED) is 0.791. The van der Waals surface area contributed by atoms with Gasteiger partial charge >= 0.3 is 5.97 Å². The lowest BCUT2D eigenvalue weighted by atomic mass is 10.1. The summed E-state index contributed by atoms with van der Waals surface area (Å²) < 4.78 is 5.02. The van der Waals surface area contributed by atoms with Gasteiger partial charge in [-0.1, -0.05) is 31.0 Å². The fourth-order valence-corrected chi connectivity index (χ4v) is 1.75. The van der Waals surface area contributed by atoms with E-state index in [1.807, 2.05) is 19.1 Å². The number of carbonyl (C=O) groups excluding carboxylic acids is 1. The lowest BCUT2D eigenvalue weighted by Crippen LogP contribution is -2.31. The zero-order valence-electron chi connectivity index (χ0n) is 10.2. The van der Waals surface area contributed by atoms with Gasteiger partial charge in [-0.25, -0.2) is 4.79 Å². The number of hydrogen-bond acceptors (Lipinski definition) is 3. The topological polar surface area (TPSA) is 38.3 Å². The van der Waals surface area contributed by atoms with E-state index in [1.165, 1.54) is 0 Å². The average molecular weight is 256 g/mol. The fraction of sp³-hybridized carbons (Fsp3) is 0.462. The Kier molecular flexibility index (Phi) is 5.84. The van der Waals surface area contributed by atoms with Crippen LogP contribution in [0.25, 0.3) is 0 Å². The third-order valence-electron chi connectivity index (χ3n) is 2.31. The molecule has 0 amide bonds. The second kappa shape index (κ2) is 7.17. The summed E-state index contributed by atoms with van der Waals surface area (Å²) in [5.74, 6) is -0.214. The number of benzene rings is 1. The highest BCUT2D eigenvalue weighted by atomic mass is 35.5. The first-order valence-corrected chi connectivity index (χ1v) is 6.24. The molecule has 94 valence electrons. The molecule has 0 spiro atoms. The van der Waals surface area contributed by atoms with Crippen LogP contribution in [-0.4, -0.2) is 18.6 Å². The molecule has 0 saturated heterocycles. The van der Waals surface area contributed by atoms with E-state index in [0.717, 1.165) is 18.5 Å². The van der Waals surface area contributed by atoms with Crippen molar-refractivity contribution in [2.45, 2.75) is 32.7 Å². The van der Waals surface area contributed by atoms with E-state index < -0.39 is 0 Å². The lowest BCUT2D eigenvalue weighted by molar-refractivity contribution is -0.144. The molecule has 17 heavy (non-hydrogen) atoms. The van der Waals surface area contributed by atoms with Gasteiger partial charge in [-0.2, -0.15) is 0 Å². The molecule has 1 unspecified atom stereocenters. The lowest BCUT2D eigenvalue weighted by Gasteiger charge is -2.17. The summed E-state index contributed by atoms with van der Waals surface area (Å²) >= 11 is 5.89. The van der Waals surface area contributed by atoms with Crippen LogP contribution in [0, 0.1) is 0 Å². The molecule has 4 heteroatoms. The van der Waals surface area contributed by atoms with Gasteiger partial charge < -0.3 is 10.1 Å². The summed E-state index contributed by atoms with van der Waals surface area (Å²) in [5.41, 5.74) is 0.837. The Bertz CT molecular complexity index is 368. The minimum atomic E-state index is -0.307. The summed E-state index contributed by atoms with van der Waals surface area (Å²) in [7, 11) is 0. The third-order valence-corrected chi connectivity index (χ3v) is 2.55. The molecule has 0 aliphatic heterocycles. The second-order valence-corrected chi connectivity index (χ2v) is 4.18. The molecule has 1 atom stereocenters.